The van der Waals surface area contributed by atoms with E-state index in [1.165, 1.54) is 0 Å². The minimum Gasteiger partial charge on any atom is -0.477 e. The molecule has 0 saturated heterocycles. The van der Waals surface area contributed by atoms with Gasteiger partial charge in [0.05, 0.1) is 11.8 Å². The van der Waals surface area contributed by atoms with Crippen LogP contribution in [0.15, 0.2) is 6.20 Å². The highest BCUT2D eigenvalue weighted by Gasteiger charge is 2.24. The van der Waals surface area contributed by atoms with Gasteiger partial charge in [0.1, 0.15) is 0 Å². The monoisotopic (exact) mass is 204 g/mol. The van der Waals surface area contributed by atoms with Crippen molar-refractivity contribution in [2.24, 2.45) is 0 Å². The first-order chi connectivity index (χ1) is 6.45. The summed E-state index contributed by atoms with van der Waals surface area (Å²) in [5, 5.41) is 12.4. The first kappa shape index (κ1) is 10.6. The molecule has 0 unspecified atom stereocenters. The van der Waals surface area contributed by atoms with Gasteiger partial charge >= 0.3 is 5.97 Å². The first-order valence-corrected chi connectivity index (χ1v) is 4.04. The van der Waals surface area contributed by atoms with Crippen molar-refractivity contribution < 1.29 is 18.7 Å². The number of carboxylic acids is 1. The molecule has 0 fully saturated rings. The van der Waals surface area contributed by atoms with Crippen LogP contribution in [-0.4, -0.2) is 20.9 Å². The minimum atomic E-state index is -2.81. The zero-order valence-electron chi connectivity index (χ0n) is 7.74. The molecule has 4 nitrogen and oxygen atoms in total. The lowest BCUT2D eigenvalue weighted by atomic mass is 10.2. The topological polar surface area (TPSA) is 55.1 Å². The average Bonchev–Trinajstić information content (AvgIpc) is 2.46. The molecule has 0 amide bonds. The summed E-state index contributed by atoms with van der Waals surface area (Å²) < 4.78 is 25.8. The highest BCUT2D eigenvalue weighted by atomic mass is 19.3. The third-order valence-electron chi connectivity index (χ3n) is 1.75. The average molecular weight is 204 g/mol. The van der Waals surface area contributed by atoms with Gasteiger partial charge in [-0.3, -0.25) is 4.68 Å². The molecule has 0 aliphatic rings. The number of carboxylic acid groups (broad SMARTS) is 1. The molecule has 1 heterocycles. The summed E-state index contributed by atoms with van der Waals surface area (Å²) >= 11 is 0. The number of hydrogen-bond acceptors (Lipinski definition) is 2. The van der Waals surface area contributed by atoms with Gasteiger partial charge in [0.2, 0.25) is 0 Å². The summed E-state index contributed by atoms with van der Waals surface area (Å²) in [6.07, 6.45) is -1.91. The first-order valence-electron chi connectivity index (χ1n) is 4.04. The maximum atomic E-state index is 12.3. The lowest BCUT2D eigenvalue weighted by molar-refractivity contribution is 0.0668. The van der Waals surface area contributed by atoms with Crippen LogP contribution in [-0.2, 0) is 0 Å². The number of halogens is 2. The lowest BCUT2D eigenvalue weighted by Crippen LogP contribution is -2.13. The zero-order chi connectivity index (χ0) is 10.9. The Hall–Kier alpha value is -1.46. The molecule has 1 rings (SSSR count). The number of hydrogen-bond donors (Lipinski definition) is 1. The molecule has 6 heteroatoms. The van der Waals surface area contributed by atoms with Crippen molar-refractivity contribution in [3.8, 4) is 0 Å². The number of alkyl halides is 2. The highest BCUT2D eigenvalue weighted by Crippen LogP contribution is 2.24. The van der Waals surface area contributed by atoms with Crippen molar-refractivity contribution >= 4 is 5.97 Å². The van der Waals surface area contributed by atoms with E-state index in [2.05, 4.69) is 5.10 Å². The van der Waals surface area contributed by atoms with Crippen molar-refractivity contribution in [1.82, 2.24) is 9.78 Å². The van der Waals surface area contributed by atoms with E-state index in [0.29, 0.717) is 0 Å². The standard InChI is InChI=1S/C8H10F2N2O2/c1-4(2)12-6(8(13)14)5(3-11-12)7(9)10/h3-4,7H,1-2H3,(H,13,14). The Bertz CT molecular complexity index is 322. The van der Waals surface area contributed by atoms with E-state index in [1.54, 1.807) is 13.8 Å². The van der Waals surface area contributed by atoms with Crippen LogP contribution in [0.1, 0.15) is 42.4 Å². The predicted octanol–water partition coefficient (Wildman–Crippen LogP) is 2.10. The molecule has 1 aromatic rings. The van der Waals surface area contributed by atoms with Gasteiger partial charge in [-0.1, -0.05) is 0 Å². The molecule has 1 N–H and O–H groups in total. The number of aromatic nitrogens is 2. The van der Waals surface area contributed by atoms with Crippen molar-refractivity contribution in [1.29, 1.82) is 0 Å². The maximum absolute atomic E-state index is 12.3. The second-order valence-electron chi connectivity index (χ2n) is 3.09. The fourth-order valence-corrected chi connectivity index (χ4v) is 1.15. The van der Waals surface area contributed by atoms with Crippen LogP contribution in [0.25, 0.3) is 0 Å². The van der Waals surface area contributed by atoms with E-state index in [4.69, 9.17) is 5.11 Å². The number of nitrogens with zero attached hydrogens (tertiary/aromatic N) is 2. The van der Waals surface area contributed by atoms with Gasteiger partial charge < -0.3 is 5.11 Å². The number of aromatic carboxylic acids is 1. The molecule has 14 heavy (non-hydrogen) atoms. The molecule has 0 saturated carbocycles. The van der Waals surface area contributed by atoms with E-state index in [-0.39, 0.29) is 6.04 Å². The summed E-state index contributed by atoms with van der Waals surface area (Å²) in [6.45, 7) is 3.35. The van der Waals surface area contributed by atoms with Crippen LogP contribution in [0.3, 0.4) is 0 Å². The summed E-state index contributed by atoms with van der Waals surface area (Å²) in [5.74, 6) is -1.38. The van der Waals surface area contributed by atoms with E-state index >= 15 is 0 Å². The molecule has 0 atom stereocenters. The Morgan fingerprint density at radius 2 is 2.14 bits per heavy atom. The molecule has 0 aliphatic heterocycles. The summed E-state index contributed by atoms with van der Waals surface area (Å²) in [5.41, 5.74) is -0.971. The SMILES string of the molecule is CC(C)n1ncc(C(F)F)c1C(=O)O. The van der Waals surface area contributed by atoms with Crippen LogP contribution in [0.2, 0.25) is 0 Å². The Balaban J connectivity index is 3.28. The molecule has 0 bridgehead atoms. The van der Waals surface area contributed by atoms with Gasteiger partial charge in [-0.05, 0) is 13.8 Å². The quantitative estimate of drug-likeness (QED) is 0.820. The third-order valence-corrected chi connectivity index (χ3v) is 1.75. The minimum absolute atomic E-state index is 0.256. The second-order valence-corrected chi connectivity index (χ2v) is 3.09. The van der Waals surface area contributed by atoms with Crippen molar-refractivity contribution in [2.75, 3.05) is 0 Å². The van der Waals surface area contributed by atoms with Gasteiger partial charge in [0, 0.05) is 6.04 Å². The molecule has 0 radical (unpaired) electrons. The van der Waals surface area contributed by atoms with E-state index in [1.807, 2.05) is 0 Å². The van der Waals surface area contributed by atoms with Crippen molar-refractivity contribution in [2.45, 2.75) is 26.3 Å². The van der Waals surface area contributed by atoms with Crippen LogP contribution in [0.5, 0.6) is 0 Å². The molecule has 0 aromatic carbocycles. The summed E-state index contributed by atoms with van der Waals surface area (Å²) in [4.78, 5) is 10.7. The molecular weight excluding hydrogens is 194 g/mol. The molecule has 0 aliphatic carbocycles. The van der Waals surface area contributed by atoms with Gasteiger partial charge in [0.25, 0.3) is 6.43 Å². The van der Waals surface area contributed by atoms with Crippen LogP contribution < -0.4 is 0 Å². The number of carbonyl (C=O) groups is 1. The largest absolute Gasteiger partial charge is 0.477 e. The third kappa shape index (κ3) is 1.73. The predicted molar refractivity (Wildman–Crippen MR) is 44.5 cm³/mol. The Morgan fingerprint density at radius 3 is 2.50 bits per heavy atom. The van der Waals surface area contributed by atoms with Gasteiger partial charge in [0.15, 0.2) is 5.69 Å². The van der Waals surface area contributed by atoms with Crippen molar-refractivity contribution in [3.05, 3.63) is 17.5 Å². The fraction of sp³-hybridized carbons (Fsp3) is 0.500. The van der Waals surface area contributed by atoms with Crippen LogP contribution in [0, 0.1) is 0 Å². The summed E-state index contributed by atoms with van der Waals surface area (Å²) in [6, 6.07) is -0.256. The van der Waals surface area contributed by atoms with Crippen molar-refractivity contribution in [3.63, 3.8) is 0 Å². The normalized spacial score (nSPS) is 11.3. The van der Waals surface area contributed by atoms with Gasteiger partial charge in [-0.15, -0.1) is 0 Å². The van der Waals surface area contributed by atoms with E-state index < -0.39 is 23.7 Å². The van der Waals surface area contributed by atoms with Crippen LogP contribution in [0.4, 0.5) is 8.78 Å². The zero-order valence-corrected chi connectivity index (χ0v) is 7.74. The van der Waals surface area contributed by atoms with Crippen LogP contribution >= 0.6 is 0 Å². The highest BCUT2D eigenvalue weighted by molar-refractivity contribution is 5.87. The van der Waals surface area contributed by atoms with E-state index in [9.17, 15) is 13.6 Å². The maximum Gasteiger partial charge on any atom is 0.354 e. The number of rotatable bonds is 3. The molecular formula is C8H10F2N2O2. The van der Waals surface area contributed by atoms with E-state index in [0.717, 1.165) is 10.9 Å². The Kier molecular flexibility index (Phi) is 2.83. The molecule has 1 aromatic heterocycles. The van der Waals surface area contributed by atoms with Gasteiger partial charge in [-0.25, -0.2) is 13.6 Å². The van der Waals surface area contributed by atoms with Gasteiger partial charge in [-0.2, -0.15) is 5.10 Å². The molecule has 0 spiro atoms. The lowest BCUT2D eigenvalue weighted by Gasteiger charge is -2.08. The Labute approximate surface area is 79.2 Å². The second kappa shape index (κ2) is 3.73. The molecule has 78 valence electrons. The fourth-order valence-electron chi connectivity index (χ4n) is 1.15. The summed E-state index contributed by atoms with van der Waals surface area (Å²) in [7, 11) is 0. The smallest absolute Gasteiger partial charge is 0.354 e. The Morgan fingerprint density at radius 1 is 1.57 bits per heavy atom.